The van der Waals surface area contributed by atoms with Gasteiger partial charge in [-0.1, -0.05) is 46.6 Å². The summed E-state index contributed by atoms with van der Waals surface area (Å²) in [5, 5.41) is 8.87. The van der Waals surface area contributed by atoms with Crippen LogP contribution in [0.25, 0.3) is 0 Å². The molecule has 1 rings (SSSR count). The van der Waals surface area contributed by atoms with Crippen LogP contribution in [0.1, 0.15) is 53.9 Å². The predicted octanol–water partition coefficient (Wildman–Crippen LogP) is 4.12. The van der Waals surface area contributed by atoms with Crippen molar-refractivity contribution in [1.82, 2.24) is 0 Å². The molecular weight excluding hydrogens is 212 g/mol. The Kier molecular flexibility index (Phi) is 4.40. The summed E-state index contributed by atoms with van der Waals surface area (Å²) < 4.78 is 0. The molecule has 98 valence electrons. The van der Waals surface area contributed by atoms with Crippen LogP contribution >= 0.6 is 0 Å². The smallest absolute Gasteiger partial charge is 0.328 e. The van der Waals surface area contributed by atoms with Gasteiger partial charge in [-0.25, -0.2) is 4.79 Å². The van der Waals surface area contributed by atoms with Crippen molar-refractivity contribution in [2.24, 2.45) is 23.2 Å². The zero-order chi connectivity index (χ0) is 13.2. The second-order valence-corrected chi connectivity index (χ2v) is 6.08. The van der Waals surface area contributed by atoms with Crippen molar-refractivity contribution >= 4 is 5.97 Å². The molecule has 1 fully saturated rings. The molecule has 0 aromatic heterocycles. The highest BCUT2D eigenvalue weighted by atomic mass is 16.4. The van der Waals surface area contributed by atoms with E-state index in [4.69, 9.17) is 5.11 Å². The molecular formula is C15H26O2. The van der Waals surface area contributed by atoms with Gasteiger partial charge < -0.3 is 5.11 Å². The van der Waals surface area contributed by atoms with Gasteiger partial charge >= 0.3 is 5.97 Å². The summed E-state index contributed by atoms with van der Waals surface area (Å²) in [4.78, 5) is 10.8. The molecule has 1 saturated carbocycles. The lowest BCUT2D eigenvalue weighted by molar-refractivity contribution is -0.131. The molecule has 3 atom stereocenters. The Balaban J connectivity index is 2.99. The number of hydrogen-bond acceptors (Lipinski definition) is 1. The Morgan fingerprint density at radius 1 is 1.53 bits per heavy atom. The number of carbonyl (C=O) groups is 1. The van der Waals surface area contributed by atoms with Crippen LogP contribution < -0.4 is 0 Å². The lowest BCUT2D eigenvalue weighted by Crippen LogP contribution is -2.42. The number of carboxylic acids is 1. The monoisotopic (exact) mass is 238 g/mol. The Labute approximate surface area is 105 Å². The molecule has 2 nitrogen and oxygen atoms in total. The van der Waals surface area contributed by atoms with E-state index in [-0.39, 0.29) is 0 Å². The summed E-state index contributed by atoms with van der Waals surface area (Å²) in [6.07, 6.45) is 4.47. The fraction of sp³-hybridized carbons (Fsp3) is 0.800. The first-order chi connectivity index (χ1) is 7.82. The highest BCUT2D eigenvalue weighted by molar-refractivity contribution is 5.80. The van der Waals surface area contributed by atoms with Crippen molar-refractivity contribution in [3.8, 4) is 0 Å². The van der Waals surface area contributed by atoms with Gasteiger partial charge in [-0.05, 0) is 36.0 Å². The lowest BCUT2D eigenvalue weighted by Gasteiger charge is -2.50. The minimum Gasteiger partial charge on any atom is -0.478 e. The lowest BCUT2D eigenvalue weighted by atomic mass is 9.55. The van der Waals surface area contributed by atoms with Crippen LogP contribution in [0, 0.1) is 23.2 Å². The fourth-order valence-corrected chi connectivity index (χ4v) is 3.55. The van der Waals surface area contributed by atoms with E-state index in [1.807, 2.05) is 0 Å². The number of carboxylic acid groups (broad SMARTS) is 1. The minimum atomic E-state index is -0.796. The fourth-order valence-electron chi connectivity index (χ4n) is 3.55. The van der Waals surface area contributed by atoms with E-state index in [0.717, 1.165) is 24.8 Å². The molecule has 0 saturated heterocycles. The second-order valence-electron chi connectivity index (χ2n) is 6.08. The minimum absolute atomic E-state index is 0.338. The van der Waals surface area contributed by atoms with Gasteiger partial charge in [-0.2, -0.15) is 0 Å². The number of rotatable bonds is 3. The van der Waals surface area contributed by atoms with Crippen LogP contribution in [-0.4, -0.2) is 11.1 Å². The Bertz CT molecular complexity index is 317. The van der Waals surface area contributed by atoms with Crippen LogP contribution in [-0.2, 0) is 4.79 Å². The number of hydrogen-bond donors (Lipinski definition) is 1. The Hall–Kier alpha value is -0.790. The van der Waals surface area contributed by atoms with Gasteiger partial charge in [-0.15, -0.1) is 0 Å². The molecule has 0 spiro atoms. The van der Waals surface area contributed by atoms with Crippen molar-refractivity contribution in [3.05, 3.63) is 11.6 Å². The summed E-state index contributed by atoms with van der Waals surface area (Å²) in [6.45, 7) is 11.5. The van der Waals surface area contributed by atoms with Gasteiger partial charge in [0.2, 0.25) is 0 Å². The number of aliphatic carboxylic acids is 1. The zero-order valence-electron chi connectivity index (χ0n) is 11.8. The molecule has 0 aromatic rings. The third-order valence-electron chi connectivity index (χ3n) is 5.08. The number of allylic oxidation sites excluding steroid dienone is 1. The quantitative estimate of drug-likeness (QED) is 0.751. The van der Waals surface area contributed by atoms with Crippen LogP contribution in [0.4, 0.5) is 0 Å². The third kappa shape index (κ3) is 2.72. The maximum absolute atomic E-state index is 10.8. The standard InChI is InChI=1S/C15H26O2/c1-6-13-8-12(9-14(16)17)7-11(4)15(13,5)10(2)3/h9-11,13H,6-8H2,1-5H3,(H,16,17)/b12-9+. The molecule has 1 aliphatic carbocycles. The van der Waals surface area contributed by atoms with Crippen molar-refractivity contribution < 1.29 is 9.90 Å². The van der Waals surface area contributed by atoms with Crippen LogP contribution in [0.15, 0.2) is 11.6 Å². The van der Waals surface area contributed by atoms with Gasteiger partial charge in [0.25, 0.3) is 0 Å². The SMILES string of the molecule is CCC1C/C(=C/C(=O)O)CC(C)C1(C)C(C)C. The molecule has 0 amide bonds. The molecule has 2 heteroatoms. The molecule has 17 heavy (non-hydrogen) atoms. The highest BCUT2D eigenvalue weighted by Crippen LogP contribution is 2.52. The highest BCUT2D eigenvalue weighted by Gasteiger charge is 2.44. The molecule has 1 N–H and O–H groups in total. The Morgan fingerprint density at radius 3 is 2.53 bits per heavy atom. The molecule has 1 aliphatic rings. The summed E-state index contributed by atoms with van der Waals surface area (Å²) >= 11 is 0. The average molecular weight is 238 g/mol. The van der Waals surface area contributed by atoms with Gasteiger partial charge in [0, 0.05) is 6.08 Å². The largest absolute Gasteiger partial charge is 0.478 e. The molecule has 0 aliphatic heterocycles. The molecule has 0 heterocycles. The van der Waals surface area contributed by atoms with Gasteiger partial charge in [-0.3, -0.25) is 0 Å². The van der Waals surface area contributed by atoms with Crippen molar-refractivity contribution in [1.29, 1.82) is 0 Å². The second kappa shape index (κ2) is 5.24. The molecule has 0 aromatic carbocycles. The molecule has 0 radical (unpaired) electrons. The Morgan fingerprint density at radius 2 is 2.12 bits per heavy atom. The van der Waals surface area contributed by atoms with Crippen molar-refractivity contribution in [3.63, 3.8) is 0 Å². The van der Waals surface area contributed by atoms with E-state index in [1.54, 1.807) is 0 Å². The van der Waals surface area contributed by atoms with Crippen LogP contribution in [0.3, 0.4) is 0 Å². The van der Waals surface area contributed by atoms with Gasteiger partial charge in [0.05, 0.1) is 0 Å². The summed E-state index contributed by atoms with van der Waals surface area (Å²) in [5.74, 6) is 1.02. The third-order valence-corrected chi connectivity index (χ3v) is 5.08. The summed E-state index contributed by atoms with van der Waals surface area (Å²) in [7, 11) is 0. The summed E-state index contributed by atoms with van der Waals surface area (Å²) in [6, 6.07) is 0. The maximum Gasteiger partial charge on any atom is 0.328 e. The van der Waals surface area contributed by atoms with Crippen molar-refractivity contribution in [2.45, 2.75) is 53.9 Å². The van der Waals surface area contributed by atoms with Gasteiger partial charge in [0.1, 0.15) is 0 Å². The van der Waals surface area contributed by atoms with E-state index >= 15 is 0 Å². The summed E-state index contributed by atoms with van der Waals surface area (Å²) in [5.41, 5.74) is 1.46. The van der Waals surface area contributed by atoms with E-state index in [1.165, 1.54) is 6.08 Å². The zero-order valence-corrected chi connectivity index (χ0v) is 11.8. The van der Waals surface area contributed by atoms with E-state index < -0.39 is 5.97 Å². The van der Waals surface area contributed by atoms with Gasteiger partial charge in [0.15, 0.2) is 0 Å². The molecule has 0 bridgehead atoms. The predicted molar refractivity (Wildman–Crippen MR) is 70.8 cm³/mol. The van der Waals surface area contributed by atoms with Crippen LogP contribution in [0.5, 0.6) is 0 Å². The first kappa shape index (κ1) is 14.3. The first-order valence-electron chi connectivity index (χ1n) is 6.74. The topological polar surface area (TPSA) is 37.3 Å². The maximum atomic E-state index is 10.8. The van der Waals surface area contributed by atoms with Crippen molar-refractivity contribution in [2.75, 3.05) is 0 Å². The normalized spacial score (nSPS) is 36.5. The van der Waals surface area contributed by atoms with E-state index in [9.17, 15) is 4.79 Å². The first-order valence-corrected chi connectivity index (χ1v) is 6.74. The average Bonchev–Trinajstić information content (AvgIpc) is 2.21. The van der Waals surface area contributed by atoms with E-state index in [0.29, 0.717) is 23.2 Å². The van der Waals surface area contributed by atoms with Crippen LogP contribution in [0.2, 0.25) is 0 Å². The van der Waals surface area contributed by atoms with E-state index in [2.05, 4.69) is 34.6 Å². The molecule has 3 unspecified atom stereocenters.